The molecule has 1 fully saturated rings. The quantitative estimate of drug-likeness (QED) is 0.765. The maximum Gasteiger partial charge on any atom is 0.123 e. The fourth-order valence-corrected chi connectivity index (χ4v) is 2.57. The summed E-state index contributed by atoms with van der Waals surface area (Å²) in [7, 11) is 1.67. The van der Waals surface area contributed by atoms with Crippen molar-refractivity contribution in [3.63, 3.8) is 0 Å². The average Bonchev–Trinajstić information content (AvgIpc) is 2.44. The molecular weight excluding hydrogens is 330 g/mol. The van der Waals surface area contributed by atoms with Gasteiger partial charge in [-0.3, -0.25) is 4.90 Å². The van der Waals surface area contributed by atoms with Gasteiger partial charge in [-0.15, -0.1) is 24.8 Å². The molecule has 0 unspecified atom stereocenters. The molecule has 1 aromatic rings. The monoisotopic (exact) mass is 354 g/mol. The molecule has 0 bridgehead atoms. The molecule has 1 heterocycles. The molecule has 0 amide bonds. The van der Waals surface area contributed by atoms with Gasteiger partial charge in [0.1, 0.15) is 5.82 Å². The number of likely N-dealkylation sites (tertiary alicyclic amines) is 1. The highest BCUT2D eigenvalue weighted by molar-refractivity contribution is 5.85. The first-order valence-corrected chi connectivity index (χ1v) is 7.06. The Morgan fingerprint density at radius 2 is 2.00 bits per heavy atom. The second-order valence-corrected chi connectivity index (χ2v) is 5.27. The summed E-state index contributed by atoms with van der Waals surface area (Å²) in [5.41, 5.74) is 1.07. The number of aliphatic hydroxyl groups excluding tert-OH is 1. The molecule has 128 valence electrons. The molecule has 2 N–H and O–H groups in total. The standard InChI is InChI=1S/C15H23FN2O2.2ClH/c1-20-9-7-17-14-6-8-18(11-15(14)19)10-12-2-4-13(16)5-3-12;;/h2-5,14-15,17,19H,6-11H2,1H3;2*1H/t14-,15-;;/m1../s1. The van der Waals surface area contributed by atoms with Gasteiger partial charge in [0.2, 0.25) is 0 Å². The Labute approximate surface area is 143 Å². The van der Waals surface area contributed by atoms with E-state index in [2.05, 4.69) is 10.2 Å². The number of piperidine rings is 1. The van der Waals surface area contributed by atoms with Crippen molar-refractivity contribution in [2.75, 3.05) is 33.4 Å². The summed E-state index contributed by atoms with van der Waals surface area (Å²) in [5.74, 6) is -0.213. The molecule has 2 rings (SSSR count). The van der Waals surface area contributed by atoms with Crippen LogP contribution in [0.1, 0.15) is 12.0 Å². The first-order chi connectivity index (χ1) is 9.69. The number of hydrogen-bond acceptors (Lipinski definition) is 4. The van der Waals surface area contributed by atoms with Crippen LogP contribution in [0.5, 0.6) is 0 Å². The number of rotatable bonds is 6. The first-order valence-electron chi connectivity index (χ1n) is 7.06. The van der Waals surface area contributed by atoms with Gasteiger partial charge in [-0.05, 0) is 24.1 Å². The zero-order valence-corrected chi connectivity index (χ0v) is 14.3. The Bertz CT molecular complexity index is 409. The van der Waals surface area contributed by atoms with Crippen LogP contribution >= 0.6 is 24.8 Å². The maximum atomic E-state index is 12.9. The van der Waals surface area contributed by atoms with Crippen molar-refractivity contribution in [3.05, 3.63) is 35.6 Å². The summed E-state index contributed by atoms with van der Waals surface area (Å²) in [6, 6.07) is 6.68. The molecule has 1 aliphatic rings. The fourth-order valence-electron chi connectivity index (χ4n) is 2.57. The average molecular weight is 355 g/mol. The third kappa shape index (κ3) is 6.77. The molecule has 0 saturated carbocycles. The lowest BCUT2D eigenvalue weighted by molar-refractivity contribution is 0.0348. The van der Waals surface area contributed by atoms with Crippen LogP contribution in [0.2, 0.25) is 0 Å². The Hall–Kier alpha value is -0.430. The van der Waals surface area contributed by atoms with Gasteiger partial charge in [-0.25, -0.2) is 4.39 Å². The molecule has 0 spiro atoms. The predicted molar refractivity (Wildman–Crippen MR) is 90.5 cm³/mol. The van der Waals surface area contributed by atoms with Crippen molar-refractivity contribution in [2.45, 2.75) is 25.1 Å². The smallest absolute Gasteiger partial charge is 0.123 e. The van der Waals surface area contributed by atoms with E-state index in [1.807, 2.05) is 0 Å². The zero-order chi connectivity index (χ0) is 14.4. The van der Waals surface area contributed by atoms with Crippen LogP contribution in [0, 0.1) is 5.82 Å². The molecular formula is C15H25Cl2FN2O2. The Kier molecular flexibility index (Phi) is 10.9. The summed E-state index contributed by atoms with van der Waals surface area (Å²) in [4.78, 5) is 2.20. The zero-order valence-electron chi connectivity index (χ0n) is 12.7. The number of halogens is 3. The highest BCUT2D eigenvalue weighted by atomic mass is 35.5. The lowest BCUT2D eigenvalue weighted by Crippen LogP contribution is -2.52. The van der Waals surface area contributed by atoms with Gasteiger partial charge in [0.25, 0.3) is 0 Å². The first kappa shape index (κ1) is 21.6. The van der Waals surface area contributed by atoms with Crippen LogP contribution in [-0.2, 0) is 11.3 Å². The van der Waals surface area contributed by atoms with Gasteiger partial charge in [-0.2, -0.15) is 0 Å². The van der Waals surface area contributed by atoms with Crippen molar-refractivity contribution in [1.29, 1.82) is 0 Å². The highest BCUT2D eigenvalue weighted by Crippen LogP contribution is 2.14. The molecule has 7 heteroatoms. The third-order valence-corrected chi connectivity index (χ3v) is 3.70. The van der Waals surface area contributed by atoms with Crippen LogP contribution in [0.15, 0.2) is 24.3 Å². The summed E-state index contributed by atoms with van der Waals surface area (Å²) in [5, 5.41) is 13.5. The van der Waals surface area contributed by atoms with Crippen LogP contribution in [0.25, 0.3) is 0 Å². The highest BCUT2D eigenvalue weighted by Gasteiger charge is 2.26. The topological polar surface area (TPSA) is 44.7 Å². The largest absolute Gasteiger partial charge is 0.390 e. The molecule has 0 radical (unpaired) electrons. The molecule has 1 saturated heterocycles. The van der Waals surface area contributed by atoms with Gasteiger partial charge < -0.3 is 15.2 Å². The molecule has 0 aliphatic carbocycles. The van der Waals surface area contributed by atoms with E-state index >= 15 is 0 Å². The molecule has 0 aromatic heterocycles. The summed E-state index contributed by atoms with van der Waals surface area (Å²) >= 11 is 0. The third-order valence-electron chi connectivity index (χ3n) is 3.70. The summed E-state index contributed by atoms with van der Waals surface area (Å²) in [6.45, 7) is 3.74. The number of nitrogens with one attached hydrogen (secondary N) is 1. The summed E-state index contributed by atoms with van der Waals surface area (Å²) < 4.78 is 17.8. The minimum Gasteiger partial charge on any atom is -0.390 e. The van der Waals surface area contributed by atoms with Crippen LogP contribution in [0.3, 0.4) is 0 Å². The normalized spacial score (nSPS) is 21.8. The van der Waals surface area contributed by atoms with Gasteiger partial charge in [0, 0.05) is 39.3 Å². The van der Waals surface area contributed by atoms with Crippen LogP contribution in [-0.4, -0.2) is 55.5 Å². The Balaban J connectivity index is 0.00000220. The van der Waals surface area contributed by atoms with Crippen molar-refractivity contribution >= 4 is 24.8 Å². The second kappa shape index (κ2) is 11.2. The van der Waals surface area contributed by atoms with Crippen LogP contribution in [0.4, 0.5) is 4.39 Å². The molecule has 1 aliphatic heterocycles. The van der Waals surface area contributed by atoms with Gasteiger partial charge in [0.15, 0.2) is 0 Å². The summed E-state index contributed by atoms with van der Waals surface area (Å²) in [6.07, 6.45) is 0.535. The minimum atomic E-state index is -0.374. The number of nitrogens with zero attached hydrogens (tertiary/aromatic N) is 1. The molecule has 22 heavy (non-hydrogen) atoms. The van der Waals surface area contributed by atoms with Crippen LogP contribution < -0.4 is 5.32 Å². The van der Waals surface area contributed by atoms with E-state index in [4.69, 9.17) is 4.74 Å². The van der Waals surface area contributed by atoms with E-state index in [-0.39, 0.29) is 42.8 Å². The van der Waals surface area contributed by atoms with Gasteiger partial charge in [-0.1, -0.05) is 12.1 Å². The predicted octanol–water partition coefficient (Wildman–Crippen LogP) is 1.84. The minimum absolute atomic E-state index is 0. The van der Waals surface area contributed by atoms with Crippen molar-refractivity contribution in [2.24, 2.45) is 0 Å². The van der Waals surface area contributed by atoms with E-state index in [0.29, 0.717) is 13.2 Å². The molecule has 1 aromatic carbocycles. The van der Waals surface area contributed by atoms with Crippen molar-refractivity contribution in [1.82, 2.24) is 10.2 Å². The van der Waals surface area contributed by atoms with E-state index in [0.717, 1.165) is 31.6 Å². The van der Waals surface area contributed by atoms with Gasteiger partial charge >= 0.3 is 0 Å². The van der Waals surface area contributed by atoms with Crippen molar-refractivity contribution in [3.8, 4) is 0 Å². The number of ether oxygens (including phenoxy) is 1. The second-order valence-electron chi connectivity index (χ2n) is 5.27. The SMILES string of the molecule is COCCN[C@@H]1CCN(Cc2ccc(F)cc2)C[C@H]1O.Cl.Cl. The van der Waals surface area contributed by atoms with E-state index in [1.165, 1.54) is 12.1 Å². The van der Waals surface area contributed by atoms with Crippen molar-refractivity contribution < 1.29 is 14.2 Å². The number of methoxy groups -OCH3 is 1. The number of hydrogen-bond donors (Lipinski definition) is 2. The van der Waals surface area contributed by atoms with E-state index in [9.17, 15) is 9.50 Å². The Morgan fingerprint density at radius 3 is 2.59 bits per heavy atom. The fraction of sp³-hybridized carbons (Fsp3) is 0.600. The lowest BCUT2D eigenvalue weighted by atomic mass is 10.0. The van der Waals surface area contributed by atoms with E-state index < -0.39 is 0 Å². The number of benzene rings is 1. The number of aliphatic hydroxyl groups is 1. The maximum absolute atomic E-state index is 12.9. The van der Waals surface area contributed by atoms with E-state index in [1.54, 1.807) is 19.2 Å². The van der Waals surface area contributed by atoms with Gasteiger partial charge in [0.05, 0.1) is 12.7 Å². The molecule has 2 atom stereocenters. The number of β-amino-alcohol motifs (C(OH)–C–C–N with tert-alkyl or cyclic N) is 1. The Morgan fingerprint density at radius 1 is 1.32 bits per heavy atom. The molecule has 4 nitrogen and oxygen atoms in total. The lowest BCUT2D eigenvalue weighted by Gasteiger charge is -2.36.